The maximum Gasteiger partial charge on any atom is 0.245 e. The molecule has 0 spiro atoms. The van der Waals surface area contributed by atoms with Crippen LogP contribution in [0, 0.1) is 0 Å². The molecule has 0 atom stereocenters. The van der Waals surface area contributed by atoms with Gasteiger partial charge in [-0.2, -0.15) is 0 Å². The first kappa shape index (κ1) is 13.1. The first-order chi connectivity index (χ1) is 5.39. The number of rotatable bonds is 4. The minimum Gasteiger partial charge on any atom is -0.319 e. The molecular weight excluding hydrogens is 231 g/mol. The third kappa shape index (κ3) is 5.73. The third-order valence-electron chi connectivity index (χ3n) is 0.782. The van der Waals surface area contributed by atoms with Crippen LogP contribution in [0.4, 0.5) is 0 Å². The number of hydrogen-bond acceptors (Lipinski definition) is 3. The second-order valence-corrected chi connectivity index (χ2v) is 9.98. The highest BCUT2D eigenvalue weighted by Crippen LogP contribution is 2.56. The summed E-state index contributed by atoms with van der Waals surface area (Å²) in [5, 5.41) is 0. The van der Waals surface area contributed by atoms with Crippen LogP contribution in [-0.2, 0) is 29.7 Å². The van der Waals surface area contributed by atoms with Crippen molar-refractivity contribution in [2.45, 2.75) is 39.9 Å². The highest BCUT2D eigenvalue weighted by Gasteiger charge is 2.17. The fraction of sp³-hybridized carbons (Fsp3) is 1.00. The zero-order chi connectivity index (χ0) is 9.78. The molecule has 0 N–H and O–H groups in total. The van der Waals surface area contributed by atoms with Crippen LogP contribution < -0.4 is 0 Å². The molecule has 2 nitrogen and oxygen atoms in total. The van der Waals surface area contributed by atoms with E-state index < -0.39 is 5.69 Å². The van der Waals surface area contributed by atoms with Crippen molar-refractivity contribution in [2.75, 3.05) is 0 Å². The molecule has 0 unspecified atom stereocenters. The summed E-state index contributed by atoms with van der Waals surface area (Å²) in [6, 6.07) is 0. The van der Waals surface area contributed by atoms with Crippen molar-refractivity contribution < 1.29 is 9.05 Å². The molecule has 0 fully saturated rings. The minimum atomic E-state index is -2.14. The summed E-state index contributed by atoms with van der Waals surface area (Å²) in [6.07, 6.45) is 0.204. The van der Waals surface area contributed by atoms with Gasteiger partial charge in [-0.05, 0) is 48.4 Å². The first-order valence-corrected chi connectivity index (χ1v) is 8.82. The monoisotopic (exact) mass is 246 g/mol. The Morgan fingerprint density at radius 3 is 1.67 bits per heavy atom. The number of thiol groups is 1. The lowest BCUT2D eigenvalue weighted by Gasteiger charge is -2.21. The van der Waals surface area contributed by atoms with Gasteiger partial charge in [-0.1, -0.05) is 12.2 Å². The molecular formula is C6H15O2PS3. The van der Waals surface area contributed by atoms with Gasteiger partial charge in [0.1, 0.15) is 0 Å². The largest absolute Gasteiger partial charge is 0.319 e. The molecule has 0 rings (SSSR count). The van der Waals surface area contributed by atoms with Gasteiger partial charge >= 0.3 is 0 Å². The fourth-order valence-electron chi connectivity index (χ4n) is 0.593. The summed E-state index contributed by atoms with van der Waals surface area (Å²) in [4.78, 5) is 0. The number of hydrogen-bond donors (Lipinski definition) is 1. The van der Waals surface area contributed by atoms with Gasteiger partial charge in [0.05, 0.1) is 12.2 Å². The first-order valence-electron chi connectivity index (χ1n) is 3.70. The fourth-order valence-corrected chi connectivity index (χ4v) is 4.79. The smallest absolute Gasteiger partial charge is 0.245 e. The van der Waals surface area contributed by atoms with Crippen LogP contribution in [0.25, 0.3) is 0 Å². The predicted octanol–water partition coefficient (Wildman–Crippen LogP) is 2.99. The van der Waals surface area contributed by atoms with E-state index in [0.29, 0.717) is 0 Å². The summed E-state index contributed by atoms with van der Waals surface area (Å²) in [5.74, 6) is 0. The van der Waals surface area contributed by atoms with Crippen LogP contribution in [0.2, 0.25) is 0 Å². The molecule has 0 aromatic rings. The lowest BCUT2D eigenvalue weighted by molar-refractivity contribution is 0.186. The third-order valence-corrected chi connectivity index (χ3v) is 7.49. The molecule has 0 saturated heterocycles. The molecule has 0 heterocycles. The molecule has 0 aromatic heterocycles. The van der Waals surface area contributed by atoms with E-state index in [1.54, 1.807) is 0 Å². The van der Waals surface area contributed by atoms with Crippen molar-refractivity contribution in [1.29, 1.82) is 0 Å². The molecule has 0 aromatic carbocycles. The molecule has 12 heavy (non-hydrogen) atoms. The van der Waals surface area contributed by atoms with Crippen molar-refractivity contribution in [3.63, 3.8) is 0 Å². The summed E-state index contributed by atoms with van der Waals surface area (Å²) in [6.45, 7) is 7.78. The Bertz CT molecular complexity index is 197. The lowest BCUT2D eigenvalue weighted by Crippen LogP contribution is -2.04. The maximum atomic E-state index is 5.51. The second kappa shape index (κ2) is 5.78. The predicted molar refractivity (Wildman–Crippen MR) is 63.1 cm³/mol. The van der Waals surface area contributed by atoms with Crippen LogP contribution in [0.1, 0.15) is 27.7 Å². The molecule has 0 amide bonds. The van der Waals surface area contributed by atoms with Crippen LogP contribution in [0.5, 0.6) is 0 Å². The van der Waals surface area contributed by atoms with Crippen molar-refractivity contribution in [3.8, 4) is 0 Å². The minimum absolute atomic E-state index is 0.102. The van der Waals surface area contributed by atoms with Gasteiger partial charge in [0.15, 0.2) is 0 Å². The van der Waals surface area contributed by atoms with Gasteiger partial charge in [-0.25, -0.2) is 0 Å². The quantitative estimate of drug-likeness (QED) is 0.607. The van der Waals surface area contributed by atoms with Gasteiger partial charge in [0.2, 0.25) is 5.69 Å². The topological polar surface area (TPSA) is 18.5 Å². The summed E-state index contributed by atoms with van der Waals surface area (Å²) in [5.41, 5.74) is -2.14. The van der Waals surface area contributed by atoms with E-state index >= 15 is 0 Å². The van der Waals surface area contributed by atoms with Crippen molar-refractivity contribution in [1.82, 2.24) is 0 Å². The summed E-state index contributed by atoms with van der Waals surface area (Å²) < 4.78 is 11.0. The van der Waals surface area contributed by atoms with Gasteiger partial charge in [0, 0.05) is 0 Å². The second-order valence-electron chi connectivity index (χ2n) is 2.85. The molecule has 0 bridgehead atoms. The molecule has 74 valence electrons. The highest BCUT2D eigenvalue weighted by atomic mass is 33.1. The highest BCUT2D eigenvalue weighted by molar-refractivity contribution is 8.67. The van der Waals surface area contributed by atoms with Gasteiger partial charge < -0.3 is 9.05 Å². The van der Waals surface area contributed by atoms with E-state index in [1.807, 2.05) is 27.7 Å². The van der Waals surface area contributed by atoms with Crippen LogP contribution in [0.15, 0.2) is 0 Å². The SMILES string of the molecule is CC(C)OP(S)(OC(C)C)=S=S. The average molecular weight is 246 g/mol. The Labute approximate surface area is 87.6 Å². The Balaban J connectivity index is 4.38. The Morgan fingerprint density at radius 1 is 1.17 bits per heavy atom. The van der Waals surface area contributed by atoms with E-state index in [4.69, 9.17) is 20.2 Å². The van der Waals surface area contributed by atoms with Gasteiger partial charge in [0.25, 0.3) is 0 Å². The van der Waals surface area contributed by atoms with E-state index in [1.165, 1.54) is 0 Å². The van der Waals surface area contributed by atoms with Gasteiger partial charge in [-0.3, -0.25) is 0 Å². The van der Waals surface area contributed by atoms with Crippen molar-refractivity contribution in [3.05, 3.63) is 0 Å². The van der Waals surface area contributed by atoms with Crippen LogP contribution >= 0.6 is 17.9 Å². The zero-order valence-electron chi connectivity index (χ0n) is 7.68. The molecule has 6 heteroatoms. The lowest BCUT2D eigenvalue weighted by atomic mass is 10.5. The van der Waals surface area contributed by atoms with Gasteiger partial charge in [-0.15, -0.1) is 0 Å². The van der Waals surface area contributed by atoms with E-state index in [-0.39, 0.29) is 12.2 Å². The van der Waals surface area contributed by atoms with Crippen molar-refractivity contribution in [2.24, 2.45) is 0 Å². The Hall–Kier alpha value is 1.14. The normalized spacial score (nSPS) is 12.6. The molecule has 0 aliphatic heterocycles. The summed E-state index contributed by atoms with van der Waals surface area (Å²) >= 11 is 9.19. The maximum absolute atomic E-state index is 5.51. The Morgan fingerprint density at radius 2 is 1.50 bits per heavy atom. The molecule has 0 saturated carbocycles. The molecule has 0 radical (unpaired) electrons. The standard InChI is InChI=1S/C6H15O2PS3/c1-5(2)7-9(10,12-11)8-6(3)4/h5-6,10H,1-4H3. The van der Waals surface area contributed by atoms with E-state index in [0.717, 1.165) is 9.50 Å². The van der Waals surface area contributed by atoms with E-state index in [9.17, 15) is 0 Å². The van der Waals surface area contributed by atoms with Crippen molar-refractivity contribution >= 4 is 38.6 Å². The molecule has 0 aliphatic rings. The van der Waals surface area contributed by atoms with Crippen LogP contribution in [-0.4, -0.2) is 12.2 Å². The summed E-state index contributed by atoms with van der Waals surface area (Å²) in [7, 11) is 1.14. The zero-order valence-corrected chi connectivity index (χ0v) is 11.1. The van der Waals surface area contributed by atoms with Crippen LogP contribution in [0.3, 0.4) is 0 Å². The van der Waals surface area contributed by atoms with E-state index in [2.05, 4.69) is 12.2 Å². The molecule has 0 aliphatic carbocycles. The average Bonchev–Trinajstić information content (AvgIpc) is 1.83. The Kier molecular flexibility index (Phi) is 6.33.